The number of anilines is 1. The summed E-state index contributed by atoms with van der Waals surface area (Å²) in [6, 6.07) is 11.8. The number of hydrogen-bond acceptors (Lipinski definition) is 2. The molecular weight excluding hydrogens is 301 g/mol. The van der Waals surface area contributed by atoms with Crippen molar-refractivity contribution in [2.24, 2.45) is 0 Å². The predicted molar refractivity (Wildman–Crippen MR) is 75.5 cm³/mol. The van der Waals surface area contributed by atoms with E-state index in [4.69, 9.17) is 11.6 Å². The van der Waals surface area contributed by atoms with E-state index in [9.17, 15) is 13.2 Å². The monoisotopic (exact) mass is 312 g/mol. The molecule has 2 nitrogen and oxygen atoms in total. The molecule has 0 radical (unpaired) electrons. The molecule has 1 heterocycles. The van der Waals surface area contributed by atoms with Gasteiger partial charge in [-0.2, -0.15) is 13.2 Å². The van der Waals surface area contributed by atoms with Crippen LogP contribution in [0.4, 0.5) is 19.0 Å². The van der Waals surface area contributed by atoms with Gasteiger partial charge in [0.05, 0.1) is 5.56 Å². The van der Waals surface area contributed by atoms with Crippen molar-refractivity contribution in [3.8, 4) is 0 Å². The van der Waals surface area contributed by atoms with E-state index >= 15 is 0 Å². The molecule has 1 aromatic carbocycles. The fourth-order valence-electron chi connectivity index (χ4n) is 2.35. The number of hydrogen-bond donors (Lipinski definition) is 1. The highest BCUT2D eigenvalue weighted by Crippen LogP contribution is 2.43. The molecule has 0 saturated heterocycles. The summed E-state index contributed by atoms with van der Waals surface area (Å²) in [6.45, 7) is 0. The molecule has 3 rings (SSSR count). The number of nitrogens with one attached hydrogen (secondary N) is 1. The summed E-state index contributed by atoms with van der Waals surface area (Å²) >= 11 is 5.66. The molecule has 0 spiro atoms. The van der Waals surface area contributed by atoms with E-state index in [1.807, 2.05) is 30.3 Å². The van der Waals surface area contributed by atoms with Gasteiger partial charge in [0.2, 0.25) is 0 Å². The lowest BCUT2D eigenvalue weighted by molar-refractivity contribution is -0.137. The highest BCUT2D eigenvalue weighted by atomic mass is 35.5. The Bertz CT molecular complexity index is 643. The topological polar surface area (TPSA) is 24.9 Å². The average molecular weight is 313 g/mol. The first-order chi connectivity index (χ1) is 9.93. The lowest BCUT2D eigenvalue weighted by atomic mass is 10.1. The van der Waals surface area contributed by atoms with Crippen molar-refractivity contribution in [3.63, 3.8) is 0 Å². The molecule has 1 aliphatic rings. The quantitative estimate of drug-likeness (QED) is 0.829. The standard InChI is InChI=1S/C15H12ClF3N2/c16-13-6-10(15(17,18)19)7-14(21-13)20-12-8-11(12)9-4-2-1-3-5-9/h1-7,11-12H,8H2,(H,20,21). The second kappa shape index (κ2) is 5.22. The molecule has 1 saturated carbocycles. The van der Waals surface area contributed by atoms with Crippen LogP contribution in [0.1, 0.15) is 23.5 Å². The second-order valence-electron chi connectivity index (χ2n) is 5.07. The maximum Gasteiger partial charge on any atom is 0.416 e. The maximum atomic E-state index is 12.7. The van der Waals surface area contributed by atoms with Crippen LogP contribution in [0, 0.1) is 0 Å². The van der Waals surface area contributed by atoms with E-state index < -0.39 is 11.7 Å². The minimum Gasteiger partial charge on any atom is -0.367 e. The van der Waals surface area contributed by atoms with Crippen LogP contribution >= 0.6 is 11.6 Å². The van der Waals surface area contributed by atoms with E-state index in [0.29, 0.717) is 5.92 Å². The van der Waals surface area contributed by atoms with Crippen LogP contribution < -0.4 is 5.32 Å². The van der Waals surface area contributed by atoms with Crippen LogP contribution in [0.2, 0.25) is 5.15 Å². The van der Waals surface area contributed by atoms with Gasteiger partial charge in [-0.25, -0.2) is 4.98 Å². The molecule has 1 fully saturated rings. The molecule has 0 bridgehead atoms. The van der Waals surface area contributed by atoms with Gasteiger partial charge in [-0.15, -0.1) is 0 Å². The molecular formula is C15H12ClF3N2. The van der Waals surface area contributed by atoms with Gasteiger partial charge in [0.1, 0.15) is 11.0 Å². The number of rotatable bonds is 3. The summed E-state index contributed by atoms with van der Waals surface area (Å²) in [6.07, 6.45) is -3.55. The SMILES string of the molecule is FC(F)(F)c1cc(Cl)nc(NC2CC2c2ccccc2)c1. The first kappa shape index (κ1) is 14.2. The Hall–Kier alpha value is -1.75. The minimum atomic E-state index is -4.43. The number of aromatic nitrogens is 1. The zero-order valence-electron chi connectivity index (χ0n) is 10.9. The Labute approximate surface area is 125 Å². The number of benzene rings is 1. The van der Waals surface area contributed by atoms with Crippen molar-refractivity contribution in [2.45, 2.75) is 24.6 Å². The zero-order valence-corrected chi connectivity index (χ0v) is 11.6. The van der Waals surface area contributed by atoms with Crippen LogP contribution in [0.25, 0.3) is 0 Å². The van der Waals surface area contributed by atoms with Crippen molar-refractivity contribution in [3.05, 3.63) is 58.7 Å². The molecule has 2 atom stereocenters. The molecule has 1 N–H and O–H groups in total. The Balaban J connectivity index is 1.74. The minimum absolute atomic E-state index is 0.0967. The molecule has 1 aromatic heterocycles. The van der Waals surface area contributed by atoms with Gasteiger partial charge in [-0.1, -0.05) is 41.9 Å². The molecule has 0 aliphatic heterocycles. The third kappa shape index (κ3) is 3.29. The van der Waals surface area contributed by atoms with Crippen LogP contribution in [0.5, 0.6) is 0 Å². The summed E-state index contributed by atoms with van der Waals surface area (Å²) in [5.41, 5.74) is 0.384. The lowest BCUT2D eigenvalue weighted by Gasteiger charge is -2.10. The summed E-state index contributed by atoms with van der Waals surface area (Å²) in [4.78, 5) is 3.91. The molecule has 0 amide bonds. The Kier molecular flexibility index (Phi) is 3.53. The fourth-order valence-corrected chi connectivity index (χ4v) is 2.56. The first-order valence-corrected chi connectivity index (χ1v) is 6.87. The summed E-state index contributed by atoms with van der Waals surface area (Å²) < 4.78 is 38.2. The normalized spacial score (nSPS) is 21.1. The smallest absolute Gasteiger partial charge is 0.367 e. The van der Waals surface area contributed by atoms with E-state index in [2.05, 4.69) is 10.3 Å². The maximum absolute atomic E-state index is 12.7. The fraction of sp³-hybridized carbons (Fsp3) is 0.267. The molecule has 110 valence electrons. The van der Waals surface area contributed by atoms with Crippen molar-refractivity contribution in [2.75, 3.05) is 5.32 Å². The first-order valence-electron chi connectivity index (χ1n) is 6.50. The second-order valence-corrected chi connectivity index (χ2v) is 5.45. The lowest BCUT2D eigenvalue weighted by Crippen LogP contribution is -2.10. The third-order valence-electron chi connectivity index (χ3n) is 3.47. The van der Waals surface area contributed by atoms with Crippen molar-refractivity contribution in [1.82, 2.24) is 4.98 Å². The summed E-state index contributed by atoms with van der Waals surface area (Å²) in [5, 5.41) is 2.86. The molecule has 2 aromatic rings. The summed E-state index contributed by atoms with van der Waals surface area (Å²) in [7, 11) is 0. The molecule has 1 aliphatic carbocycles. The van der Waals surface area contributed by atoms with Crippen LogP contribution in [0.15, 0.2) is 42.5 Å². The predicted octanol–water partition coefficient (Wildman–Crippen LogP) is 4.72. The van der Waals surface area contributed by atoms with Gasteiger partial charge < -0.3 is 5.32 Å². The number of alkyl halides is 3. The largest absolute Gasteiger partial charge is 0.416 e. The van der Waals surface area contributed by atoms with E-state index in [-0.39, 0.29) is 17.0 Å². The third-order valence-corrected chi connectivity index (χ3v) is 3.67. The van der Waals surface area contributed by atoms with Crippen molar-refractivity contribution >= 4 is 17.4 Å². The van der Waals surface area contributed by atoms with Crippen LogP contribution in [0.3, 0.4) is 0 Å². The van der Waals surface area contributed by atoms with Crippen LogP contribution in [-0.4, -0.2) is 11.0 Å². The van der Waals surface area contributed by atoms with Gasteiger partial charge >= 0.3 is 6.18 Å². The van der Waals surface area contributed by atoms with Gasteiger partial charge in [0.25, 0.3) is 0 Å². The molecule has 6 heteroatoms. The Morgan fingerprint density at radius 1 is 1.14 bits per heavy atom. The van der Waals surface area contributed by atoms with Gasteiger partial charge in [-0.3, -0.25) is 0 Å². The van der Waals surface area contributed by atoms with Crippen LogP contribution in [-0.2, 0) is 6.18 Å². The molecule has 2 unspecified atom stereocenters. The van der Waals surface area contributed by atoms with E-state index in [1.54, 1.807) is 0 Å². The van der Waals surface area contributed by atoms with E-state index in [0.717, 1.165) is 18.6 Å². The highest BCUT2D eigenvalue weighted by Gasteiger charge is 2.39. The van der Waals surface area contributed by atoms with Gasteiger partial charge in [-0.05, 0) is 24.1 Å². The van der Waals surface area contributed by atoms with Crippen molar-refractivity contribution < 1.29 is 13.2 Å². The number of nitrogens with zero attached hydrogens (tertiary/aromatic N) is 1. The highest BCUT2D eigenvalue weighted by molar-refractivity contribution is 6.29. The summed E-state index contributed by atoms with van der Waals surface area (Å²) in [5.74, 6) is 0.472. The van der Waals surface area contributed by atoms with E-state index in [1.165, 1.54) is 5.56 Å². The molecule has 21 heavy (non-hydrogen) atoms. The Morgan fingerprint density at radius 3 is 2.52 bits per heavy atom. The number of pyridine rings is 1. The van der Waals surface area contributed by atoms with Gasteiger partial charge in [0, 0.05) is 12.0 Å². The van der Waals surface area contributed by atoms with Crippen molar-refractivity contribution in [1.29, 1.82) is 0 Å². The average Bonchev–Trinajstić information content (AvgIpc) is 3.17. The van der Waals surface area contributed by atoms with Gasteiger partial charge in [0.15, 0.2) is 0 Å². The Morgan fingerprint density at radius 2 is 1.86 bits per heavy atom. The zero-order chi connectivity index (χ0) is 15.0. The number of halogens is 4.